The number of carboxylic acid groups (broad SMARTS) is 1. The maximum atomic E-state index is 10.1. The Labute approximate surface area is 84.2 Å². The van der Waals surface area contributed by atoms with Crippen LogP contribution in [0.4, 0.5) is 0 Å². The van der Waals surface area contributed by atoms with Crippen molar-refractivity contribution in [2.75, 3.05) is 20.3 Å². The predicted octanol–water partition coefficient (Wildman–Crippen LogP) is 0.0559. The molecule has 16 heavy (non-hydrogen) atoms. The van der Waals surface area contributed by atoms with Gasteiger partial charge in [-0.1, -0.05) is 7.43 Å². The van der Waals surface area contributed by atoms with Crippen molar-refractivity contribution in [3.05, 3.63) is 14.2 Å². The summed E-state index contributed by atoms with van der Waals surface area (Å²) in [5.74, 6) is -1.15. The zero-order valence-corrected chi connectivity index (χ0v) is 21.6. The van der Waals surface area contributed by atoms with Crippen LogP contribution in [0, 0.1) is 14.2 Å². The SMILES string of the molecule is C.[CH2-]OCC(=O)NC.[CH2-]OCC(=O)O.[Rf].[Rf]. The summed E-state index contributed by atoms with van der Waals surface area (Å²) in [7, 11) is 7.40. The molecule has 0 bridgehead atoms. The van der Waals surface area contributed by atoms with Gasteiger partial charge in [0, 0.05) is 7.05 Å². The van der Waals surface area contributed by atoms with E-state index in [-0.39, 0.29) is 26.5 Å². The molecule has 0 saturated heterocycles. The molecule has 0 spiro atoms. The van der Waals surface area contributed by atoms with E-state index in [0.717, 1.165) is 0 Å². The first-order chi connectivity index (χ1) is 6.08. The van der Waals surface area contributed by atoms with Gasteiger partial charge in [0.05, 0.1) is 6.61 Å². The molecule has 8 heteroatoms. The first-order valence-corrected chi connectivity index (χ1v) is 3.24. The van der Waals surface area contributed by atoms with Crippen LogP contribution >= 0.6 is 0 Å². The fourth-order valence-electron chi connectivity index (χ4n) is 0.252. The maximum Gasteiger partial charge on any atom is 0.326 e. The second-order valence-electron chi connectivity index (χ2n) is 1.76. The summed E-state index contributed by atoms with van der Waals surface area (Å²) < 4.78 is 8.19. The molecular weight excluding hydrogens is 724 g/mol. The average molecular weight is 741 g/mol. The third kappa shape index (κ3) is 44.7. The number of likely N-dealkylation sites (N-methyl/N-ethyl adjacent to an activating group) is 1. The van der Waals surface area contributed by atoms with E-state index < -0.39 is 5.97 Å². The van der Waals surface area contributed by atoms with E-state index in [2.05, 4.69) is 29.0 Å². The van der Waals surface area contributed by atoms with Crippen LogP contribution in [0.5, 0.6) is 0 Å². The number of hydrogen-bond acceptors (Lipinski definition) is 4. The number of hydrogen-bond donors (Lipinski definition) is 2. The largest absolute Gasteiger partial charge is 0.548 e. The minimum absolute atomic E-state index is 0. The quantitative estimate of drug-likeness (QED) is 0.399. The van der Waals surface area contributed by atoms with Crippen LogP contribution in [0.1, 0.15) is 7.43 Å². The smallest absolute Gasteiger partial charge is 0.326 e. The van der Waals surface area contributed by atoms with E-state index in [0.29, 0.717) is 0 Å². The second-order valence-corrected chi connectivity index (χ2v) is 1.76. The van der Waals surface area contributed by atoms with Crippen LogP contribution in [0.2, 0.25) is 0 Å². The van der Waals surface area contributed by atoms with Crippen molar-refractivity contribution in [3.8, 4) is 0 Å². The van der Waals surface area contributed by atoms with E-state index >= 15 is 0 Å². The minimum Gasteiger partial charge on any atom is -0.548 e. The Morgan fingerprint density at radius 3 is 1.62 bits per heavy atom. The van der Waals surface area contributed by atoms with Crippen LogP contribution in [0.25, 0.3) is 0 Å². The Bertz CT molecular complexity index is 157. The first kappa shape index (κ1) is 29.3. The molecule has 90 valence electrons. The van der Waals surface area contributed by atoms with Crippen molar-refractivity contribution in [2.45, 2.75) is 7.43 Å². The molecule has 6 nitrogen and oxygen atoms in total. The Hall–Kier alpha value is -3.14. The second kappa shape index (κ2) is 22.6. The van der Waals surface area contributed by atoms with Crippen LogP contribution in [-0.4, -0.2) is 37.2 Å². The molecular formula is C8H17NO5Rf2-2. The van der Waals surface area contributed by atoms with Crippen molar-refractivity contribution in [1.29, 1.82) is 0 Å². The molecule has 0 saturated carbocycles. The summed E-state index contributed by atoms with van der Waals surface area (Å²) in [5.41, 5.74) is 0. The van der Waals surface area contributed by atoms with Crippen molar-refractivity contribution in [1.82, 2.24) is 5.32 Å². The number of carboxylic acids is 1. The monoisotopic (exact) mass is 741 g/mol. The van der Waals surface area contributed by atoms with Gasteiger partial charge in [0.25, 0.3) is 0 Å². The average Bonchev–Trinajstić information content (AvgIpc) is 2.05. The summed E-state index contributed by atoms with van der Waals surface area (Å²) in [5, 5.41) is 10.1. The van der Waals surface area contributed by atoms with Crippen molar-refractivity contribution in [3.63, 3.8) is 0 Å². The van der Waals surface area contributed by atoms with E-state index in [9.17, 15) is 9.59 Å². The number of amides is 1. The maximum absolute atomic E-state index is 10.1. The van der Waals surface area contributed by atoms with Gasteiger partial charge in [-0.05, 0) is 0 Å². The van der Waals surface area contributed by atoms with Gasteiger partial charge in [-0.25, -0.2) is 19.0 Å². The number of aliphatic carboxylic acids is 1. The number of rotatable bonds is 4. The van der Waals surface area contributed by atoms with Crippen LogP contribution in [0.3, 0.4) is 0 Å². The summed E-state index contributed by atoms with van der Waals surface area (Å²) >= 11 is 0. The topological polar surface area (TPSA) is 84.9 Å². The summed E-state index contributed by atoms with van der Waals surface area (Å²) in [6, 6.07) is 0. The molecule has 0 aromatic rings. The van der Waals surface area contributed by atoms with Gasteiger partial charge >= 0.3 is 5.97 Å². The summed E-state index contributed by atoms with van der Waals surface area (Å²) in [6.07, 6.45) is 0. The molecule has 2 N–H and O–H groups in total. The van der Waals surface area contributed by atoms with E-state index in [4.69, 9.17) is 5.11 Å². The van der Waals surface area contributed by atoms with Crippen LogP contribution < -0.4 is 5.32 Å². The Balaban J connectivity index is -0.0000000428. The van der Waals surface area contributed by atoms with Gasteiger partial charge in [-0.2, -0.15) is 0 Å². The molecule has 0 heterocycles. The Morgan fingerprint density at radius 1 is 1.19 bits per heavy atom. The molecule has 0 aromatic carbocycles. The molecule has 0 unspecified atom stereocenters. The minimum atomic E-state index is -0.995. The fraction of sp³-hybridized carbons (Fsp3) is 0.500. The molecule has 0 aliphatic heterocycles. The zero-order valence-electron chi connectivity index (χ0n) is 8.82. The summed E-state index contributed by atoms with van der Waals surface area (Å²) in [4.78, 5) is 19.6. The van der Waals surface area contributed by atoms with Crippen molar-refractivity contribution < 1.29 is 24.2 Å². The van der Waals surface area contributed by atoms with Crippen molar-refractivity contribution in [2.24, 2.45) is 0 Å². The predicted molar refractivity (Wildman–Crippen MR) is 51.1 cm³/mol. The molecule has 0 aromatic heterocycles. The van der Waals surface area contributed by atoms with E-state index in [1.165, 1.54) is 0 Å². The summed E-state index contributed by atoms with van der Waals surface area (Å²) in [6.45, 7) is -0.281. The molecule has 0 aliphatic carbocycles. The van der Waals surface area contributed by atoms with Gasteiger partial charge in [0.1, 0.15) is 6.61 Å². The Morgan fingerprint density at radius 2 is 1.56 bits per heavy atom. The molecule has 0 radical (unpaired) electrons. The standard InChI is InChI=1S/C4H8NO2.C3H5O3.CH4.2Rf/c1-5-4(6)3-7-2;1-6-2-3(4)5;;;/h2-3H2,1H3,(H,5,6);1-2H2,(H,4,5);1H4;;/q2*-1;;;. The van der Waals surface area contributed by atoms with Crippen LogP contribution in [0.15, 0.2) is 0 Å². The third-order valence-corrected chi connectivity index (χ3v) is 0.738. The van der Waals surface area contributed by atoms with Gasteiger partial charge in [-0.3, -0.25) is 4.79 Å². The van der Waals surface area contributed by atoms with Gasteiger partial charge in [-0.15, -0.1) is 0 Å². The number of carbonyl (C=O) groups excluding carboxylic acids is 1. The van der Waals surface area contributed by atoms with Crippen molar-refractivity contribution >= 4 is 11.9 Å². The van der Waals surface area contributed by atoms with Crippen LogP contribution in [-0.2, 0) is 19.1 Å². The number of ether oxygens (including phenoxy) is 2. The fourth-order valence-corrected chi connectivity index (χ4v) is 0.252. The van der Waals surface area contributed by atoms with Gasteiger partial charge in [0.15, 0.2) is 0 Å². The molecule has 0 rings (SSSR count). The third-order valence-electron chi connectivity index (χ3n) is 0.738. The van der Waals surface area contributed by atoms with E-state index in [1.807, 2.05) is 0 Å². The first-order valence-electron chi connectivity index (χ1n) is 3.24. The zero-order chi connectivity index (χ0) is 10.7. The number of nitrogens with one attached hydrogen (secondary N) is 1. The van der Waals surface area contributed by atoms with Gasteiger partial charge < -0.3 is 19.9 Å². The molecule has 0 aliphatic rings. The van der Waals surface area contributed by atoms with Gasteiger partial charge in [0.2, 0.25) is 5.91 Å². The normalized spacial score (nSPS) is 6.69. The molecule has 0 atom stereocenters. The molecule has 1 amide bonds. The number of carbonyl (C=O) groups is 2. The van der Waals surface area contributed by atoms with E-state index in [1.54, 1.807) is 7.05 Å². The molecule has 0 fully saturated rings. The Kier molecular flexibility index (Phi) is 41.4.